The summed E-state index contributed by atoms with van der Waals surface area (Å²) in [5, 5.41) is 4.66. The van der Waals surface area contributed by atoms with Crippen LogP contribution in [0.1, 0.15) is 10.4 Å². The summed E-state index contributed by atoms with van der Waals surface area (Å²) in [4.78, 5) is 22.7. The maximum Gasteiger partial charge on any atom is 0.257 e. The van der Waals surface area contributed by atoms with E-state index < -0.39 is 11.8 Å². The zero-order valence-corrected chi connectivity index (χ0v) is 9.21. The average Bonchev–Trinajstić information content (AvgIpc) is 2.27. The fourth-order valence-corrected chi connectivity index (χ4v) is 1.07. The van der Waals surface area contributed by atoms with Gasteiger partial charge in [0.25, 0.3) is 5.91 Å². The van der Waals surface area contributed by atoms with Crippen molar-refractivity contribution >= 4 is 29.1 Å². The van der Waals surface area contributed by atoms with Crippen LogP contribution in [-0.2, 0) is 4.79 Å². The maximum absolute atomic E-state index is 11.5. The van der Waals surface area contributed by atoms with Gasteiger partial charge in [0.2, 0.25) is 5.91 Å². The highest BCUT2D eigenvalue weighted by Crippen LogP contribution is 1.97. The van der Waals surface area contributed by atoms with E-state index in [1.807, 2.05) is 0 Å². The van der Waals surface area contributed by atoms with Crippen molar-refractivity contribution in [3.8, 4) is 0 Å². The molecule has 0 aromatic heterocycles. The van der Waals surface area contributed by atoms with E-state index in [-0.39, 0.29) is 11.7 Å². The van der Waals surface area contributed by atoms with Crippen molar-refractivity contribution in [2.24, 2.45) is 5.73 Å². The molecule has 16 heavy (non-hydrogen) atoms. The van der Waals surface area contributed by atoms with Crippen LogP contribution in [0.15, 0.2) is 30.3 Å². The average molecular weight is 237 g/mol. The molecule has 1 aromatic carbocycles. The van der Waals surface area contributed by atoms with E-state index in [4.69, 9.17) is 5.73 Å². The Morgan fingerprint density at radius 3 is 2.44 bits per heavy atom. The number of rotatable bonds is 3. The van der Waals surface area contributed by atoms with E-state index >= 15 is 0 Å². The first-order chi connectivity index (χ1) is 7.59. The van der Waals surface area contributed by atoms with Gasteiger partial charge >= 0.3 is 0 Å². The number of carbonyl (C=O) groups excluding carboxylic acids is 2. The SMILES string of the molecule is NC(=S)NCC(=O)NC(=O)c1ccccc1. The fraction of sp³-hybridized carbons (Fsp3) is 0.100. The molecule has 0 bridgehead atoms. The van der Waals surface area contributed by atoms with Crippen LogP contribution < -0.4 is 16.4 Å². The topological polar surface area (TPSA) is 84.2 Å². The molecule has 1 aromatic rings. The number of hydrogen-bond acceptors (Lipinski definition) is 3. The summed E-state index contributed by atoms with van der Waals surface area (Å²) < 4.78 is 0. The van der Waals surface area contributed by atoms with Gasteiger partial charge in [0.1, 0.15) is 0 Å². The highest BCUT2D eigenvalue weighted by molar-refractivity contribution is 7.80. The Kier molecular flexibility index (Phi) is 4.41. The van der Waals surface area contributed by atoms with Gasteiger partial charge in [-0.15, -0.1) is 0 Å². The van der Waals surface area contributed by atoms with Crippen LogP contribution in [-0.4, -0.2) is 23.5 Å². The summed E-state index contributed by atoms with van der Waals surface area (Å²) in [6, 6.07) is 8.44. The number of benzene rings is 1. The van der Waals surface area contributed by atoms with Gasteiger partial charge in [0, 0.05) is 5.56 Å². The molecule has 5 nitrogen and oxygen atoms in total. The first kappa shape index (κ1) is 12.1. The Morgan fingerprint density at radius 2 is 1.88 bits per heavy atom. The first-order valence-corrected chi connectivity index (χ1v) is 4.93. The van der Waals surface area contributed by atoms with E-state index in [9.17, 15) is 9.59 Å². The molecular formula is C10H11N3O2S. The van der Waals surface area contributed by atoms with E-state index in [0.29, 0.717) is 5.56 Å². The van der Waals surface area contributed by atoms with Gasteiger partial charge < -0.3 is 11.1 Å². The lowest BCUT2D eigenvalue weighted by molar-refractivity contribution is -0.119. The Labute approximate surface area is 98.0 Å². The van der Waals surface area contributed by atoms with Crippen molar-refractivity contribution in [1.82, 2.24) is 10.6 Å². The predicted molar refractivity (Wildman–Crippen MR) is 63.7 cm³/mol. The van der Waals surface area contributed by atoms with Crippen LogP contribution in [0.5, 0.6) is 0 Å². The minimum absolute atomic E-state index is 0.0160. The van der Waals surface area contributed by atoms with Crippen LogP contribution in [0, 0.1) is 0 Å². The molecule has 0 unspecified atom stereocenters. The largest absolute Gasteiger partial charge is 0.376 e. The number of nitrogens with two attached hydrogens (primary N) is 1. The van der Waals surface area contributed by atoms with E-state index in [2.05, 4.69) is 22.9 Å². The summed E-state index contributed by atoms with van der Waals surface area (Å²) in [5.41, 5.74) is 5.56. The van der Waals surface area contributed by atoms with Crippen molar-refractivity contribution in [3.05, 3.63) is 35.9 Å². The van der Waals surface area contributed by atoms with Crippen molar-refractivity contribution in [2.45, 2.75) is 0 Å². The van der Waals surface area contributed by atoms with Crippen LogP contribution >= 0.6 is 12.2 Å². The number of amides is 2. The Hall–Kier alpha value is -1.95. The van der Waals surface area contributed by atoms with Crippen LogP contribution in [0.2, 0.25) is 0 Å². The van der Waals surface area contributed by atoms with E-state index in [1.54, 1.807) is 30.3 Å². The maximum atomic E-state index is 11.5. The third-order valence-corrected chi connectivity index (χ3v) is 1.86. The summed E-state index contributed by atoms with van der Waals surface area (Å²) >= 11 is 4.52. The van der Waals surface area contributed by atoms with Gasteiger partial charge in [0.05, 0.1) is 6.54 Å². The summed E-state index contributed by atoms with van der Waals surface area (Å²) in [5.74, 6) is -0.933. The van der Waals surface area contributed by atoms with Gasteiger partial charge in [0.15, 0.2) is 5.11 Å². The molecule has 84 valence electrons. The minimum Gasteiger partial charge on any atom is -0.376 e. The van der Waals surface area contributed by atoms with Gasteiger partial charge in [-0.25, -0.2) is 0 Å². The third kappa shape index (κ3) is 4.05. The van der Waals surface area contributed by atoms with E-state index in [1.165, 1.54) is 0 Å². The molecule has 0 spiro atoms. The lowest BCUT2D eigenvalue weighted by Crippen LogP contribution is -2.41. The molecule has 0 heterocycles. The van der Waals surface area contributed by atoms with Crippen molar-refractivity contribution in [1.29, 1.82) is 0 Å². The highest BCUT2D eigenvalue weighted by atomic mass is 32.1. The molecule has 0 aliphatic heterocycles. The normalized spacial score (nSPS) is 9.25. The molecule has 0 radical (unpaired) electrons. The zero-order chi connectivity index (χ0) is 12.0. The fourth-order valence-electron chi connectivity index (χ4n) is 1.000. The van der Waals surface area contributed by atoms with Crippen LogP contribution in [0.4, 0.5) is 0 Å². The zero-order valence-electron chi connectivity index (χ0n) is 8.40. The molecule has 0 aliphatic carbocycles. The second kappa shape index (κ2) is 5.82. The Bertz CT molecular complexity index is 406. The third-order valence-electron chi connectivity index (χ3n) is 1.71. The minimum atomic E-state index is -0.485. The second-order valence-corrected chi connectivity index (χ2v) is 3.40. The molecular weight excluding hydrogens is 226 g/mol. The monoisotopic (exact) mass is 237 g/mol. The standard InChI is InChI=1S/C10H11N3O2S/c11-10(16)12-6-8(14)13-9(15)7-4-2-1-3-5-7/h1-5H,6H2,(H3,11,12,16)(H,13,14,15). The lowest BCUT2D eigenvalue weighted by atomic mass is 10.2. The van der Waals surface area contributed by atoms with Gasteiger partial charge in [-0.2, -0.15) is 0 Å². The smallest absolute Gasteiger partial charge is 0.257 e. The molecule has 0 saturated heterocycles. The quantitative estimate of drug-likeness (QED) is 0.633. The molecule has 0 saturated carbocycles. The number of imide groups is 1. The molecule has 0 aliphatic rings. The van der Waals surface area contributed by atoms with Crippen LogP contribution in [0.3, 0.4) is 0 Å². The predicted octanol–water partition coefficient (Wildman–Crippen LogP) is -0.224. The summed E-state index contributed by atoms with van der Waals surface area (Å²) in [7, 11) is 0. The molecule has 6 heteroatoms. The highest BCUT2D eigenvalue weighted by Gasteiger charge is 2.09. The second-order valence-electron chi connectivity index (χ2n) is 2.96. The van der Waals surface area contributed by atoms with Gasteiger partial charge in [-0.1, -0.05) is 18.2 Å². The lowest BCUT2D eigenvalue weighted by Gasteiger charge is -2.04. The number of nitrogens with one attached hydrogen (secondary N) is 2. The van der Waals surface area contributed by atoms with Crippen molar-refractivity contribution in [2.75, 3.05) is 6.54 Å². The summed E-state index contributed by atoms with van der Waals surface area (Å²) in [6.07, 6.45) is 0. The summed E-state index contributed by atoms with van der Waals surface area (Å²) in [6.45, 7) is -0.117. The van der Waals surface area contributed by atoms with Crippen molar-refractivity contribution < 1.29 is 9.59 Å². The molecule has 1 rings (SSSR count). The molecule has 4 N–H and O–H groups in total. The van der Waals surface area contributed by atoms with E-state index in [0.717, 1.165) is 0 Å². The van der Waals surface area contributed by atoms with Crippen molar-refractivity contribution in [3.63, 3.8) is 0 Å². The van der Waals surface area contributed by atoms with Gasteiger partial charge in [-0.3, -0.25) is 14.9 Å². The Morgan fingerprint density at radius 1 is 1.25 bits per heavy atom. The Balaban J connectivity index is 2.46. The van der Waals surface area contributed by atoms with Gasteiger partial charge in [-0.05, 0) is 24.4 Å². The number of hydrogen-bond donors (Lipinski definition) is 3. The molecule has 0 atom stereocenters. The molecule has 0 fully saturated rings. The van der Waals surface area contributed by atoms with Crippen LogP contribution in [0.25, 0.3) is 0 Å². The number of thiocarbonyl (C=S) groups is 1. The first-order valence-electron chi connectivity index (χ1n) is 4.52. The molecule has 2 amide bonds. The number of carbonyl (C=O) groups is 2.